The van der Waals surface area contributed by atoms with E-state index < -0.39 is 5.91 Å². The van der Waals surface area contributed by atoms with Gasteiger partial charge in [0.15, 0.2) is 12.4 Å². The van der Waals surface area contributed by atoms with Crippen molar-refractivity contribution in [3.63, 3.8) is 0 Å². The van der Waals surface area contributed by atoms with Gasteiger partial charge in [-0.3, -0.25) is 9.59 Å². The van der Waals surface area contributed by atoms with Gasteiger partial charge in [-0.2, -0.15) is 0 Å². The largest absolute Gasteiger partial charge is 0.484 e. The summed E-state index contributed by atoms with van der Waals surface area (Å²) in [6.07, 6.45) is 1.69. The molecule has 0 radical (unpaired) electrons. The highest BCUT2D eigenvalue weighted by Gasteiger charge is 2.27. The monoisotopic (exact) mass is 295 g/mol. The van der Waals surface area contributed by atoms with Crippen molar-refractivity contribution in [2.45, 2.75) is 0 Å². The Morgan fingerprint density at radius 1 is 1.18 bits per heavy atom. The second-order valence-electron chi connectivity index (χ2n) is 4.76. The van der Waals surface area contributed by atoms with Crippen molar-refractivity contribution in [3.05, 3.63) is 65.4 Å². The lowest BCUT2D eigenvalue weighted by molar-refractivity contribution is -0.119. The van der Waals surface area contributed by atoms with Crippen LogP contribution in [-0.2, 0) is 4.79 Å². The minimum absolute atomic E-state index is 0.180. The molecule has 0 aromatic heterocycles. The number of primary amides is 1. The van der Waals surface area contributed by atoms with Crippen molar-refractivity contribution in [3.8, 4) is 11.5 Å². The van der Waals surface area contributed by atoms with Gasteiger partial charge >= 0.3 is 0 Å². The Morgan fingerprint density at radius 2 is 1.95 bits per heavy atom. The van der Waals surface area contributed by atoms with Crippen LogP contribution in [0.3, 0.4) is 0 Å². The Kier molecular flexibility index (Phi) is 3.62. The zero-order valence-corrected chi connectivity index (χ0v) is 11.6. The molecule has 2 aromatic rings. The number of ether oxygens (including phenoxy) is 2. The third-order valence-corrected chi connectivity index (χ3v) is 3.12. The molecule has 0 bridgehead atoms. The number of rotatable bonds is 4. The van der Waals surface area contributed by atoms with Gasteiger partial charge in [-0.15, -0.1) is 0 Å². The van der Waals surface area contributed by atoms with E-state index >= 15 is 0 Å². The van der Waals surface area contributed by atoms with Gasteiger partial charge in [0, 0.05) is 6.07 Å². The Balaban J connectivity index is 1.84. The summed E-state index contributed by atoms with van der Waals surface area (Å²) in [5.74, 6) is 0.344. The van der Waals surface area contributed by atoms with Gasteiger partial charge in [-0.25, -0.2) is 0 Å². The number of nitrogens with two attached hydrogens (primary N) is 1. The Bertz CT molecular complexity index is 765. The normalized spacial score (nSPS) is 14.5. The Labute approximate surface area is 127 Å². The average Bonchev–Trinajstić information content (AvgIpc) is 2.82. The van der Waals surface area contributed by atoms with Crippen LogP contribution < -0.4 is 15.2 Å². The minimum atomic E-state index is -0.567. The molecule has 0 saturated carbocycles. The van der Waals surface area contributed by atoms with Crippen molar-refractivity contribution in [2.75, 3.05) is 6.61 Å². The average molecular weight is 295 g/mol. The number of Topliss-reactive ketones (excluding diaryl/α,β-unsaturated/α-hetero) is 1. The molecular formula is C17H13NO4. The second kappa shape index (κ2) is 5.73. The molecule has 0 saturated heterocycles. The maximum Gasteiger partial charge on any atom is 0.255 e. The molecule has 0 aliphatic carbocycles. The summed E-state index contributed by atoms with van der Waals surface area (Å²) in [4.78, 5) is 23.0. The first kappa shape index (κ1) is 13.9. The molecule has 110 valence electrons. The fourth-order valence-electron chi connectivity index (χ4n) is 2.11. The molecule has 2 N–H and O–H groups in total. The first-order valence-electron chi connectivity index (χ1n) is 6.68. The summed E-state index contributed by atoms with van der Waals surface area (Å²) >= 11 is 0. The number of amides is 1. The van der Waals surface area contributed by atoms with Gasteiger partial charge in [0.05, 0.1) is 5.56 Å². The standard InChI is InChI=1S/C17H13NO4/c18-16(19)10-21-12-6-7-13-14(9-12)22-15(17(13)20)8-11-4-2-1-3-5-11/h1-9H,10H2,(H2,18,19). The Morgan fingerprint density at radius 3 is 2.68 bits per heavy atom. The molecule has 5 heteroatoms. The molecule has 1 aliphatic rings. The SMILES string of the molecule is NC(=O)COc1ccc2c(c1)OC(=Cc1ccccc1)C2=O. The van der Waals surface area contributed by atoms with Crippen molar-refractivity contribution in [2.24, 2.45) is 5.73 Å². The van der Waals surface area contributed by atoms with Crippen LogP contribution in [0.4, 0.5) is 0 Å². The number of hydrogen-bond donors (Lipinski definition) is 1. The van der Waals surface area contributed by atoms with E-state index in [1.807, 2.05) is 30.3 Å². The zero-order chi connectivity index (χ0) is 15.5. The fraction of sp³-hybridized carbons (Fsp3) is 0.0588. The third kappa shape index (κ3) is 2.83. The molecule has 0 unspecified atom stereocenters. The molecule has 3 rings (SSSR count). The number of benzene rings is 2. The van der Waals surface area contributed by atoms with Crippen LogP contribution in [0, 0.1) is 0 Å². The lowest BCUT2D eigenvalue weighted by Gasteiger charge is -2.04. The molecular weight excluding hydrogens is 282 g/mol. The summed E-state index contributed by atoms with van der Waals surface area (Å²) in [5, 5.41) is 0. The van der Waals surface area contributed by atoms with Crippen LogP contribution in [0.25, 0.3) is 6.08 Å². The van der Waals surface area contributed by atoms with E-state index in [1.54, 1.807) is 24.3 Å². The van der Waals surface area contributed by atoms with Crippen LogP contribution >= 0.6 is 0 Å². The van der Waals surface area contributed by atoms with Crippen LogP contribution in [0.1, 0.15) is 15.9 Å². The molecule has 1 heterocycles. The molecule has 1 aliphatic heterocycles. The summed E-state index contributed by atoms with van der Waals surface area (Å²) in [6.45, 7) is -0.223. The molecule has 0 spiro atoms. The Hall–Kier alpha value is -3.08. The number of ketones is 1. The van der Waals surface area contributed by atoms with Crippen LogP contribution in [0.5, 0.6) is 11.5 Å². The number of fused-ring (bicyclic) bond motifs is 1. The topological polar surface area (TPSA) is 78.6 Å². The molecule has 5 nitrogen and oxygen atoms in total. The lowest BCUT2D eigenvalue weighted by Crippen LogP contribution is -2.19. The number of carbonyl (C=O) groups is 2. The van der Waals surface area contributed by atoms with Crippen molar-refractivity contribution >= 4 is 17.8 Å². The molecule has 0 fully saturated rings. The van der Waals surface area contributed by atoms with Gasteiger partial charge in [0.2, 0.25) is 5.78 Å². The first-order chi connectivity index (χ1) is 10.6. The van der Waals surface area contributed by atoms with Gasteiger partial charge in [0.25, 0.3) is 5.91 Å². The summed E-state index contributed by atoms with van der Waals surface area (Å²) in [6, 6.07) is 14.2. The van der Waals surface area contributed by atoms with E-state index in [0.29, 0.717) is 17.1 Å². The number of allylic oxidation sites excluding steroid dienone is 1. The van der Waals surface area contributed by atoms with Crippen LogP contribution in [-0.4, -0.2) is 18.3 Å². The van der Waals surface area contributed by atoms with Crippen molar-refractivity contribution < 1.29 is 19.1 Å². The van der Waals surface area contributed by atoms with Crippen LogP contribution in [0.2, 0.25) is 0 Å². The van der Waals surface area contributed by atoms with Crippen LogP contribution in [0.15, 0.2) is 54.3 Å². The smallest absolute Gasteiger partial charge is 0.255 e. The molecule has 1 amide bonds. The highest BCUT2D eigenvalue weighted by Crippen LogP contribution is 2.34. The van der Waals surface area contributed by atoms with E-state index in [-0.39, 0.29) is 18.1 Å². The zero-order valence-electron chi connectivity index (χ0n) is 11.6. The maximum atomic E-state index is 12.3. The van der Waals surface area contributed by atoms with Gasteiger partial charge < -0.3 is 15.2 Å². The minimum Gasteiger partial charge on any atom is -0.484 e. The third-order valence-electron chi connectivity index (χ3n) is 3.12. The summed E-state index contributed by atoms with van der Waals surface area (Å²) < 4.78 is 10.8. The van der Waals surface area contributed by atoms with E-state index in [0.717, 1.165) is 5.56 Å². The quantitative estimate of drug-likeness (QED) is 0.877. The summed E-state index contributed by atoms with van der Waals surface area (Å²) in [7, 11) is 0. The number of carbonyl (C=O) groups excluding carboxylic acids is 2. The first-order valence-corrected chi connectivity index (χ1v) is 6.68. The molecule has 0 atom stereocenters. The molecule has 2 aromatic carbocycles. The summed E-state index contributed by atoms with van der Waals surface area (Å²) in [5.41, 5.74) is 6.37. The van der Waals surface area contributed by atoms with E-state index in [1.165, 1.54) is 0 Å². The maximum absolute atomic E-state index is 12.3. The highest BCUT2D eigenvalue weighted by molar-refractivity contribution is 6.14. The predicted molar refractivity (Wildman–Crippen MR) is 80.5 cm³/mol. The van der Waals surface area contributed by atoms with E-state index in [4.69, 9.17) is 15.2 Å². The van der Waals surface area contributed by atoms with Gasteiger partial charge in [0.1, 0.15) is 11.5 Å². The highest BCUT2D eigenvalue weighted by atomic mass is 16.5. The lowest BCUT2D eigenvalue weighted by atomic mass is 10.1. The van der Waals surface area contributed by atoms with Gasteiger partial charge in [-0.05, 0) is 23.8 Å². The van der Waals surface area contributed by atoms with Crippen molar-refractivity contribution in [1.82, 2.24) is 0 Å². The van der Waals surface area contributed by atoms with E-state index in [2.05, 4.69) is 0 Å². The van der Waals surface area contributed by atoms with E-state index in [9.17, 15) is 9.59 Å². The second-order valence-corrected chi connectivity index (χ2v) is 4.76. The van der Waals surface area contributed by atoms with Crippen molar-refractivity contribution in [1.29, 1.82) is 0 Å². The molecule has 22 heavy (non-hydrogen) atoms. The number of hydrogen-bond acceptors (Lipinski definition) is 4. The van der Waals surface area contributed by atoms with Gasteiger partial charge in [-0.1, -0.05) is 30.3 Å². The fourth-order valence-corrected chi connectivity index (χ4v) is 2.11. The predicted octanol–water partition coefficient (Wildman–Crippen LogP) is 2.17.